The van der Waals surface area contributed by atoms with Crippen LogP contribution in [0, 0.1) is 10.1 Å². The number of fused-ring (bicyclic) bond motifs is 1. The number of nitro benzene ring substituents is 1. The van der Waals surface area contributed by atoms with Gasteiger partial charge >= 0.3 is 6.01 Å². The molecule has 1 heterocycles. The number of azo groups is 1. The van der Waals surface area contributed by atoms with Crippen molar-refractivity contribution in [2.24, 2.45) is 10.2 Å². The molecule has 20 heteroatoms. The van der Waals surface area contributed by atoms with E-state index in [9.17, 15) is 41.2 Å². The first-order valence-corrected chi connectivity index (χ1v) is 13.6. The van der Waals surface area contributed by atoms with Crippen LogP contribution in [0.4, 0.5) is 28.7 Å². The van der Waals surface area contributed by atoms with Gasteiger partial charge in [-0.25, -0.2) is 0 Å². The second-order valence-electron chi connectivity index (χ2n) is 7.60. The van der Waals surface area contributed by atoms with Gasteiger partial charge in [0.1, 0.15) is 10.6 Å². The Bertz CT molecular complexity index is 1920. The molecule has 40 heavy (non-hydrogen) atoms. The van der Waals surface area contributed by atoms with Crippen LogP contribution >= 0.6 is 11.6 Å². The molecule has 0 atom stereocenters. The van der Waals surface area contributed by atoms with E-state index < -0.39 is 46.4 Å². The standard InChI is InChI=1S/C20H14ClN7O10S2/c1-38-20-24-18(21)23-19(25-20)22-13-8-12(39(32,33)34)6-9-7-14(40(35,36)37)16(17(29)15(9)13)27-26-10-2-4-11(5-3-10)28(30)31/h2-8,29H,1H3,(H,32,33,34)(H,35,36,37)(H,22,23,24,25). The third kappa shape index (κ3) is 6.02. The van der Waals surface area contributed by atoms with Crippen LogP contribution < -0.4 is 10.1 Å². The molecule has 0 radical (unpaired) electrons. The van der Waals surface area contributed by atoms with Gasteiger partial charge in [0.25, 0.3) is 25.9 Å². The highest BCUT2D eigenvalue weighted by molar-refractivity contribution is 7.86. The first kappa shape index (κ1) is 28.4. The molecule has 0 aliphatic carbocycles. The van der Waals surface area contributed by atoms with Gasteiger partial charge in [0.2, 0.25) is 11.2 Å². The molecule has 0 amide bonds. The van der Waals surface area contributed by atoms with E-state index in [2.05, 4.69) is 30.5 Å². The highest BCUT2D eigenvalue weighted by Crippen LogP contribution is 2.45. The summed E-state index contributed by atoms with van der Waals surface area (Å²) in [5.74, 6) is -1.22. The van der Waals surface area contributed by atoms with Gasteiger partial charge in [-0.15, -0.1) is 5.11 Å². The molecule has 0 spiro atoms. The van der Waals surface area contributed by atoms with Crippen molar-refractivity contribution in [3.8, 4) is 11.8 Å². The second-order valence-corrected chi connectivity index (χ2v) is 10.8. The van der Waals surface area contributed by atoms with Crippen LogP contribution in [0.3, 0.4) is 0 Å². The van der Waals surface area contributed by atoms with Crippen LogP contribution in [-0.4, -0.2) is 58.0 Å². The number of non-ortho nitro benzene ring substituents is 1. The van der Waals surface area contributed by atoms with E-state index in [0.29, 0.717) is 0 Å². The summed E-state index contributed by atoms with van der Waals surface area (Å²) in [6, 6.07) is 6.81. The Morgan fingerprint density at radius 1 is 1.00 bits per heavy atom. The Kier molecular flexibility index (Phi) is 7.50. The molecule has 4 aromatic rings. The van der Waals surface area contributed by atoms with Crippen molar-refractivity contribution >= 4 is 71.3 Å². The van der Waals surface area contributed by atoms with Gasteiger partial charge < -0.3 is 15.2 Å². The lowest BCUT2D eigenvalue weighted by Crippen LogP contribution is -2.05. The number of nitrogens with zero attached hydrogens (tertiary/aromatic N) is 6. The molecule has 0 saturated carbocycles. The van der Waals surface area contributed by atoms with Crippen molar-refractivity contribution in [2.75, 3.05) is 12.4 Å². The summed E-state index contributed by atoms with van der Waals surface area (Å²) in [6.07, 6.45) is 0. The number of hydrogen-bond donors (Lipinski definition) is 4. The fraction of sp³-hybridized carbons (Fsp3) is 0.0500. The molecule has 1 aromatic heterocycles. The SMILES string of the molecule is COc1nc(Cl)nc(Nc2cc(S(=O)(=O)O)cc3cc(S(=O)(=O)O)c(N=Nc4ccc([N+](=O)[O-])cc4)c(O)c23)n1. The van der Waals surface area contributed by atoms with Crippen LogP contribution in [0.2, 0.25) is 5.28 Å². The first-order valence-electron chi connectivity index (χ1n) is 10.3. The third-order valence-electron chi connectivity index (χ3n) is 5.04. The van der Waals surface area contributed by atoms with Crippen LogP contribution in [-0.2, 0) is 20.2 Å². The smallest absolute Gasteiger partial charge is 0.322 e. The van der Waals surface area contributed by atoms with Crippen LogP contribution in [0.25, 0.3) is 10.8 Å². The van der Waals surface area contributed by atoms with Crippen molar-refractivity contribution in [3.05, 3.63) is 57.9 Å². The van der Waals surface area contributed by atoms with E-state index in [1.165, 1.54) is 19.2 Å². The highest BCUT2D eigenvalue weighted by Gasteiger charge is 2.26. The number of hydrogen-bond acceptors (Lipinski definition) is 14. The van der Waals surface area contributed by atoms with Crippen LogP contribution in [0.1, 0.15) is 0 Å². The highest BCUT2D eigenvalue weighted by atomic mass is 35.5. The number of aromatic hydroxyl groups is 1. The summed E-state index contributed by atoms with van der Waals surface area (Å²) in [6.45, 7) is 0. The zero-order chi connectivity index (χ0) is 29.4. The number of anilines is 2. The molecule has 0 bridgehead atoms. The van der Waals surface area contributed by atoms with Gasteiger partial charge in [-0.3, -0.25) is 19.2 Å². The summed E-state index contributed by atoms with van der Waals surface area (Å²) < 4.78 is 72.6. The molecule has 4 N–H and O–H groups in total. The Morgan fingerprint density at radius 3 is 2.25 bits per heavy atom. The minimum absolute atomic E-state index is 0.0124. The molecule has 0 unspecified atom stereocenters. The number of nitrogens with one attached hydrogen (secondary N) is 1. The summed E-state index contributed by atoms with van der Waals surface area (Å²) in [5.41, 5.74) is -1.31. The molecule has 17 nitrogen and oxygen atoms in total. The summed E-state index contributed by atoms with van der Waals surface area (Å²) in [5, 5.41) is 31.1. The molecular weight excluding hydrogens is 598 g/mol. The Morgan fingerprint density at radius 2 is 1.68 bits per heavy atom. The molecule has 0 fully saturated rings. The van der Waals surface area contributed by atoms with Gasteiger partial charge in [0.15, 0.2) is 5.75 Å². The van der Waals surface area contributed by atoms with Crippen LogP contribution in [0.15, 0.2) is 62.5 Å². The monoisotopic (exact) mass is 611 g/mol. The first-order chi connectivity index (χ1) is 18.7. The van der Waals surface area contributed by atoms with Gasteiger partial charge in [-0.1, -0.05) is 0 Å². The molecule has 0 aliphatic rings. The van der Waals surface area contributed by atoms with E-state index in [0.717, 1.165) is 30.3 Å². The minimum atomic E-state index is -5.11. The fourth-order valence-corrected chi connectivity index (χ4v) is 4.70. The number of benzene rings is 3. The fourth-order valence-electron chi connectivity index (χ4n) is 3.35. The average molecular weight is 612 g/mol. The normalized spacial score (nSPS) is 12.1. The lowest BCUT2D eigenvalue weighted by atomic mass is 10.1. The van der Waals surface area contributed by atoms with Gasteiger partial charge in [0, 0.05) is 17.5 Å². The number of phenolic OH excluding ortho intramolecular Hbond substituents is 1. The van der Waals surface area contributed by atoms with Crippen molar-refractivity contribution in [2.45, 2.75) is 9.79 Å². The minimum Gasteiger partial charge on any atom is -0.505 e. The van der Waals surface area contributed by atoms with Crippen molar-refractivity contribution < 1.29 is 40.7 Å². The van der Waals surface area contributed by atoms with Gasteiger partial charge in [0.05, 0.1) is 28.3 Å². The molecule has 3 aromatic carbocycles. The van der Waals surface area contributed by atoms with E-state index in [1.807, 2.05) is 0 Å². The number of halogens is 1. The lowest BCUT2D eigenvalue weighted by Gasteiger charge is -2.15. The zero-order valence-electron chi connectivity index (χ0n) is 19.6. The van der Waals surface area contributed by atoms with Gasteiger partial charge in [-0.2, -0.15) is 36.9 Å². The maximum absolute atomic E-state index is 12.2. The van der Waals surface area contributed by atoms with E-state index in [-0.39, 0.29) is 45.1 Å². The molecule has 0 aliphatic heterocycles. The van der Waals surface area contributed by atoms with Gasteiger partial charge in [-0.05, 0) is 47.3 Å². The molecular formula is C20H14ClN7O10S2. The predicted molar refractivity (Wildman–Crippen MR) is 137 cm³/mol. The third-order valence-corrected chi connectivity index (χ3v) is 6.91. The van der Waals surface area contributed by atoms with Crippen molar-refractivity contribution in [3.63, 3.8) is 0 Å². The molecule has 4 rings (SSSR count). The Hall–Kier alpha value is -4.56. The second kappa shape index (κ2) is 10.5. The Labute approximate surface area is 228 Å². The van der Waals surface area contributed by atoms with Crippen LogP contribution in [0.5, 0.6) is 11.8 Å². The molecule has 0 saturated heterocycles. The molecule has 208 valence electrons. The van der Waals surface area contributed by atoms with E-state index in [4.69, 9.17) is 16.3 Å². The lowest BCUT2D eigenvalue weighted by molar-refractivity contribution is -0.384. The zero-order valence-corrected chi connectivity index (χ0v) is 22.0. The predicted octanol–water partition coefficient (Wildman–Crippen LogP) is 3.95. The average Bonchev–Trinajstić information content (AvgIpc) is 2.86. The number of rotatable bonds is 8. The maximum Gasteiger partial charge on any atom is 0.322 e. The number of ether oxygens (including phenoxy) is 1. The number of nitro groups is 1. The number of aromatic nitrogens is 3. The summed E-state index contributed by atoms with van der Waals surface area (Å²) in [4.78, 5) is 19.9. The topological polar surface area (TPSA) is 257 Å². The quantitative estimate of drug-likeness (QED) is 0.0951. The maximum atomic E-state index is 12.2. The summed E-state index contributed by atoms with van der Waals surface area (Å²) in [7, 11) is -8.76. The van der Waals surface area contributed by atoms with E-state index >= 15 is 0 Å². The summed E-state index contributed by atoms with van der Waals surface area (Å²) >= 11 is 5.84. The Balaban J connectivity index is 1.99. The van der Waals surface area contributed by atoms with E-state index in [1.54, 1.807) is 0 Å². The number of phenols is 1. The van der Waals surface area contributed by atoms with Crippen molar-refractivity contribution in [1.82, 2.24) is 15.0 Å². The van der Waals surface area contributed by atoms with Crippen molar-refractivity contribution in [1.29, 1.82) is 0 Å². The largest absolute Gasteiger partial charge is 0.505 e. The number of methoxy groups -OCH3 is 1.